The Morgan fingerprint density at radius 3 is 3.11 bits per heavy atom. The van der Waals surface area contributed by atoms with Gasteiger partial charge in [-0.2, -0.15) is 0 Å². The first-order chi connectivity index (χ1) is 9.35. The van der Waals surface area contributed by atoms with Gasteiger partial charge in [-0.3, -0.25) is 9.78 Å². The van der Waals surface area contributed by atoms with E-state index in [-0.39, 0.29) is 6.10 Å². The van der Waals surface area contributed by atoms with Crippen LogP contribution in [-0.2, 0) is 16.1 Å². The van der Waals surface area contributed by atoms with Crippen LogP contribution in [0.2, 0.25) is 0 Å². The van der Waals surface area contributed by atoms with Gasteiger partial charge in [0, 0.05) is 17.6 Å². The molecule has 2 heterocycles. The molecule has 0 N–H and O–H groups in total. The van der Waals surface area contributed by atoms with E-state index in [9.17, 15) is 4.79 Å². The fourth-order valence-corrected chi connectivity index (χ4v) is 2.19. The van der Waals surface area contributed by atoms with Gasteiger partial charge in [0.15, 0.2) is 0 Å². The van der Waals surface area contributed by atoms with Gasteiger partial charge < -0.3 is 9.47 Å². The Balaban J connectivity index is 1.75. The zero-order chi connectivity index (χ0) is 13.1. The number of hydrogen-bond acceptors (Lipinski definition) is 4. The average Bonchev–Trinajstić information content (AvgIpc) is 2.97. The van der Waals surface area contributed by atoms with E-state index in [4.69, 9.17) is 9.47 Å². The molecule has 0 radical (unpaired) electrons. The summed E-state index contributed by atoms with van der Waals surface area (Å²) in [6.45, 7) is 1.96. The highest BCUT2D eigenvalue weighted by Crippen LogP contribution is 2.16. The molecule has 1 aromatic carbocycles. The molecule has 1 fully saturated rings. The predicted molar refractivity (Wildman–Crippen MR) is 71.1 cm³/mol. The molecule has 98 valence electrons. The normalized spacial score (nSPS) is 18.8. The lowest BCUT2D eigenvalue weighted by atomic mass is 10.1. The Morgan fingerprint density at radius 2 is 2.32 bits per heavy atom. The molecule has 4 nitrogen and oxygen atoms in total. The number of benzene rings is 1. The fourth-order valence-electron chi connectivity index (χ4n) is 2.19. The van der Waals surface area contributed by atoms with Gasteiger partial charge in [-0.15, -0.1) is 0 Å². The highest BCUT2D eigenvalue weighted by atomic mass is 16.5. The zero-order valence-electron chi connectivity index (χ0n) is 10.5. The molecule has 1 aliphatic heterocycles. The number of pyridine rings is 1. The third kappa shape index (κ3) is 2.80. The van der Waals surface area contributed by atoms with Gasteiger partial charge in [0.2, 0.25) is 0 Å². The van der Waals surface area contributed by atoms with Gasteiger partial charge in [0.05, 0.1) is 30.5 Å². The number of ether oxygens (including phenoxy) is 2. The summed E-state index contributed by atoms with van der Waals surface area (Å²) in [6, 6.07) is 9.38. The second-order valence-corrected chi connectivity index (χ2v) is 4.67. The van der Waals surface area contributed by atoms with E-state index in [1.54, 1.807) is 6.07 Å². The minimum absolute atomic E-state index is 0.190. The van der Waals surface area contributed by atoms with Crippen molar-refractivity contribution in [2.75, 3.05) is 13.2 Å². The third-order valence-electron chi connectivity index (χ3n) is 3.26. The summed E-state index contributed by atoms with van der Waals surface area (Å²) in [5.41, 5.74) is 2.45. The van der Waals surface area contributed by atoms with E-state index in [1.807, 2.05) is 24.3 Å². The molecule has 0 unspecified atom stereocenters. The summed E-state index contributed by atoms with van der Waals surface area (Å²) < 4.78 is 11.0. The molecular weight excluding hydrogens is 242 g/mol. The number of aldehydes is 1. The molecule has 1 aromatic heterocycles. The molecule has 1 atom stereocenters. The first kappa shape index (κ1) is 12.3. The van der Waals surface area contributed by atoms with Gasteiger partial charge in [-0.25, -0.2) is 0 Å². The van der Waals surface area contributed by atoms with Crippen molar-refractivity contribution in [3.63, 3.8) is 0 Å². The molecule has 0 amide bonds. The second-order valence-electron chi connectivity index (χ2n) is 4.67. The number of carbonyl (C=O) groups excluding carboxylic acids is 1. The number of hydrogen-bond donors (Lipinski definition) is 0. The van der Waals surface area contributed by atoms with Crippen LogP contribution < -0.4 is 0 Å². The van der Waals surface area contributed by atoms with E-state index in [1.165, 1.54) is 0 Å². The number of aromatic nitrogens is 1. The van der Waals surface area contributed by atoms with Gasteiger partial charge in [0.1, 0.15) is 6.29 Å². The molecule has 0 saturated carbocycles. The van der Waals surface area contributed by atoms with Crippen LogP contribution in [0.1, 0.15) is 22.5 Å². The number of rotatable bonds is 4. The molecule has 4 heteroatoms. The van der Waals surface area contributed by atoms with Crippen molar-refractivity contribution >= 4 is 17.2 Å². The third-order valence-corrected chi connectivity index (χ3v) is 3.26. The fraction of sp³-hybridized carbons (Fsp3) is 0.333. The maximum Gasteiger partial charge on any atom is 0.150 e. The average molecular weight is 257 g/mol. The van der Waals surface area contributed by atoms with Crippen molar-refractivity contribution in [1.82, 2.24) is 4.98 Å². The summed E-state index contributed by atoms with van der Waals surface area (Å²) in [5.74, 6) is 0. The summed E-state index contributed by atoms with van der Waals surface area (Å²) in [6.07, 6.45) is 1.99. The maximum atomic E-state index is 10.7. The molecule has 1 aliphatic rings. The van der Waals surface area contributed by atoms with Crippen molar-refractivity contribution in [1.29, 1.82) is 0 Å². The molecule has 0 aliphatic carbocycles. The van der Waals surface area contributed by atoms with Crippen LogP contribution in [0, 0.1) is 0 Å². The van der Waals surface area contributed by atoms with Crippen LogP contribution in [0.25, 0.3) is 10.9 Å². The van der Waals surface area contributed by atoms with Gasteiger partial charge >= 0.3 is 0 Å². The number of carbonyl (C=O) groups is 1. The van der Waals surface area contributed by atoms with Crippen LogP contribution in [0.5, 0.6) is 0 Å². The first-order valence-corrected chi connectivity index (χ1v) is 6.39. The van der Waals surface area contributed by atoms with Gasteiger partial charge in [-0.05, 0) is 30.7 Å². The topological polar surface area (TPSA) is 48.4 Å². The van der Waals surface area contributed by atoms with Crippen LogP contribution >= 0.6 is 0 Å². The van der Waals surface area contributed by atoms with E-state index < -0.39 is 0 Å². The summed E-state index contributed by atoms with van der Waals surface area (Å²) in [5, 5.41) is 0.970. The highest BCUT2D eigenvalue weighted by molar-refractivity contribution is 5.86. The van der Waals surface area contributed by atoms with E-state index in [0.29, 0.717) is 18.8 Å². The lowest BCUT2D eigenvalue weighted by Crippen LogP contribution is -2.12. The Hall–Kier alpha value is -1.78. The maximum absolute atomic E-state index is 10.7. The number of nitrogens with zero attached hydrogens (tertiary/aromatic N) is 1. The van der Waals surface area contributed by atoms with E-state index in [0.717, 1.165) is 35.9 Å². The quantitative estimate of drug-likeness (QED) is 0.789. The van der Waals surface area contributed by atoms with E-state index >= 15 is 0 Å². The molecule has 3 rings (SSSR count). The summed E-state index contributed by atoms with van der Waals surface area (Å²) >= 11 is 0. The monoisotopic (exact) mass is 257 g/mol. The Morgan fingerprint density at radius 1 is 1.37 bits per heavy atom. The molecule has 19 heavy (non-hydrogen) atoms. The van der Waals surface area contributed by atoms with Crippen molar-refractivity contribution in [2.45, 2.75) is 19.1 Å². The predicted octanol–water partition coefficient (Wildman–Crippen LogP) is 2.35. The lowest BCUT2D eigenvalue weighted by molar-refractivity contribution is 0.0303. The Kier molecular flexibility index (Phi) is 3.53. The van der Waals surface area contributed by atoms with Crippen molar-refractivity contribution in [2.24, 2.45) is 0 Å². The standard InChI is InChI=1S/C15H15NO3/c17-8-11-1-4-15-12(7-11)2-3-13(16-15)9-19-14-5-6-18-10-14/h1-4,7-8,14H,5-6,9-10H2/t14-/m1/s1. The molecule has 2 aromatic rings. The second kappa shape index (κ2) is 5.47. The summed E-state index contributed by atoms with van der Waals surface area (Å²) in [4.78, 5) is 15.2. The van der Waals surface area contributed by atoms with E-state index in [2.05, 4.69) is 4.98 Å². The van der Waals surface area contributed by atoms with Crippen molar-refractivity contribution in [3.8, 4) is 0 Å². The van der Waals surface area contributed by atoms with Crippen LogP contribution in [0.15, 0.2) is 30.3 Å². The Bertz CT molecular complexity index is 591. The minimum atomic E-state index is 0.190. The minimum Gasteiger partial charge on any atom is -0.379 e. The van der Waals surface area contributed by atoms with Crippen LogP contribution in [0.4, 0.5) is 0 Å². The SMILES string of the molecule is O=Cc1ccc2nc(CO[C@@H]3CCOC3)ccc2c1. The molecule has 0 spiro atoms. The molecule has 0 bridgehead atoms. The molecular formula is C15H15NO3. The van der Waals surface area contributed by atoms with Crippen LogP contribution in [0.3, 0.4) is 0 Å². The first-order valence-electron chi connectivity index (χ1n) is 6.39. The highest BCUT2D eigenvalue weighted by Gasteiger charge is 2.16. The largest absolute Gasteiger partial charge is 0.379 e. The van der Waals surface area contributed by atoms with Gasteiger partial charge in [-0.1, -0.05) is 6.07 Å². The van der Waals surface area contributed by atoms with Crippen molar-refractivity contribution in [3.05, 3.63) is 41.6 Å². The smallest absolute Gasteiger partial charge is 0.150 e. The summed E-state index contributed by atoms with van der Waals surface area (Å²) in [7, 11) is 0. The lowest BCUT2D eigenvalue weighted by Gasteiger charge is -2.09. The number of fused-ring (bicyclic) bond motifs is 1. The Labute approximate surface area is 111 Å². The molecule has 1 saturated heterocycles. The van der Waals surface area contributed by atoms with Crippen molar-refractivity contribution < 1.29 is 14.3 Å². The van der Waals surface area contributed by atoms with Gasteiger partial charge in [0.25, 0.3) is 0 Å². The zero-order valence-corrected chi connectivity index (χ0v) is 10.5. The van der Waals surface area contributed by atoms with Crippen LogP contribution in [-0.4, -0.2) is 30.6 Å².